The Morgan fingerprint density at radius 2 is 2.11 bits per heavy atom. The Hall–Kier alpha value is -0.810. The monoisotopic (exact) mass is 360 g/mol. The third-order valence-corrected chi connectivity index (χ3v) is 3.58. The van der Waals surface area contributed by atoms with E-state index in [-0.39, 0.29) is 0 Å². The average Bonchev–Trinajstić information content (AvgIpc) is 2.37. The summed E-state index contributed by atoms with van der Waals surface area (Å²) in [6.07, 6.45) is 1.58. The summed E-state index contributed by atoms with van der Waals surface area (Å²) in [4.78, 5) is 4.14. The predicted octanol–water partition coefficient (Wildman–Crippen LogP) is 4.66. The van der Waals surface area contributed by atoms with E-state index in [4.69, 9.17) is 27.9 Å². The fraction of sp³-hybridized carbons (Fsp3) is 0.154. The van der Waals surface area contributed by atoms with Gasteiger partial charge in [0.25, 0.3) is 0 Å². The standard InChI is InChI=1S/C13H11BrCl2N2O/c1-17-6-8-4-13(18-7-11(8)16)19-12-3-2-9(15)5-10(12)14/h2-5,7,17H,6H2,1H3. The van der Waals surface area contributed by atoms with Crippen LogP contribution in [0, 0.1) is 0 Å². The minimum absolute atomic E-state index is 0.484. The van der Waals surface area contributed by atoms with Crippen LogP contribution in [0.4, 0.5) is 0 Å². The normalized spacial score (nSPS) is 10.5. The van der Waals surface area contributed by atoms with Crippen LogP contribution in [-0.4, -0.2) is 12.0 Å². The van der Waals surface area contributed by atoms with E-state index in [0.717, 1.165) is 10.0 Å². The van der Waals surface area contributed by atoms with Crippen molar-refractivity contribution in [1.29, 1.82) is 0 Å². The van der Waals surface area contributed by atoms with Crippen molar-refractivity contribution in [3.63, 3.8) is 0 Å². The summed E-state index contributed by atoms with van der Waals surface area (Å²) in [6, 6.07) is 7.10. The minimum atomic E-state index is 0.484. The number of rotatable bonds is 4. The second-order valence-corrected chi connectivity index (χ2v) is 5.52. The van der Waals surface area contributed by atoms with Crippen molar-refractivity contribution in [3.05, 3.63) is 50.5 Å². The summed E-state index contributed by atoms with van der Waals surface area (Å²) < 4.78 is 6.47. The highest BCUT2D eigenvalue weighted by Gasteiger charge is 2.07. The first-order chi connectivity index (χ1) is 9.10. The lowest BCUT2D eigenvalue weighted by molar-refractivity contribution is 0.459. The lowest BCUT2D eigenvalue weighted by Gasteiger charge is -2.09. The molecule has 0 aliphatic heterocycles. The Balaban J connectivity index is 2.25. The van der Waals surface area contributed by atoms with Crippen LogP contribution in [0.2, 0.25) is 10.0 Å². The lowest BCUT2D eigenvalue weighted by Crippen LogP contribution is -2.06. The molecule has 100 valence electrons. The maximum atomic E-state index is 6.05. The van der Waals surface area contributed by atoms with Gasteiger partial charge in [-0.2, -0.15) is 0 Å². The summed E-state index contributed by atoms with van der Waals surface area (Å²) in [5.74, 6) is 1.13. The van der Waals surface area contributed by atoms with Crippen LogP contribution < -0.4 is 10.1 Å². The first-order valence-electron chi connectivity index (χ1n) is 5.52. The van der Waals surface area contributed by atoms with Gasteiger partial charge < -0.3 is 10.1 Å². The molecule has 0 saturated carbocycles. The molecule has 0 unspecified atom stereocenters. The number of halogens is 3. The van der Waals surface area contributed by atoms with Gasteiger partial charge in [0, 0.05) is 23.8 Å². The topological polar surface area (TPSA) is 34.1 Å². The summed E-state index contributed by atoms with van der Waals surface area (Å²) in [7, 11) is 1.85. The van der Waals surface area contributed by atoms with Crippen LogP contribution in [-0.2, 0) is 6.54 Å². The highest BCUT2D eigenvalue weighted by atomic mass is 79.9. The van der Waals surface area contributed by atoms with Crippen molar-refractivity contribution < 1.29 is 4.74 Å². The summed E-state index contributed by atoms with van der Waals surface area (Å²) in [6.45, 7) is 0.652. The van der Waals surface area contributed by atoms with Crippen molar-refractivity contribution in [2.24, 2.45) is 0 Å². The Labute approximate surface area is 130 Å². The number of pyridine rings is 1. The van der Waals surface area contributed by atoms with E-state index in [2.05, 4.69) is 26.2 Å². The molecule has 2 aromatic rings. The predicted molar refractivity (Wildman–Crippen MR) is 81.2 cm³/mol. The number of nitrogens with zero attached hydrogens (tertiary/aromatic N) is 1. The fourth-order valence-corrected chi connectivity index (χ4v) is 2.44. The molecule has 0 radical (unpaired) electrons. The Morgan fingerprint density at radius 1 is 1.32 bits per heavy atom. The molecule has 0 saturated heterocycles. The molecule has 0 aliphatic rings. The molecule has 2 rings (SSSR count). The number of benzene rings is 1. The van der Waals surface area contributed by atoms with Crippen LogP contribution in [0.15, 0.2) is 34.9 Å². The molecule has 0 fully saturated rings. The van der Waals surface area contributed by atoms with E-state index in [1.54, 1.807) is 30.5 Å². The lowest BCUT2D eigenvalue weighted by atomic mass is 10.2. The summed E-state index contributed by atoms with van der Waals surface area (Å²) in [5, 5.41) is 4.29. The van der Waals surface area contributed by atoms with Crippen LogP contribution in [0.3, 0.4) is 0 Å². The number of nitrogens with one attached hydrogen (secondary N) is 1. The summed E-state index contributed by atoms with van der Waals surface area (Å²) in [5.41, 5.74) is 0.930. The van der Waals surface area contributed by atoms with E-state index in [9.17, 15) is 0 Å². The van der Waals surface area contributed by atoms with Crippen LogP contribution in [0.25, 0.3) is 0 Å². The van der Waals surface area contributed by atoms with Crippen LogP contribution >= 0.6 is 39.1 Å². The highest BCUT2D eigenvalue weighted by Crippen LogP contribution is 2.32. The zero-order valence-corrected chi connectivity index (χ0v) is 13.2. The molecule has 1 N–H and O–H groups in total. The zero-order valence-electron chi connectivity index (χ0n) is 10.1. The van der Waals surface area contributed by atoms with Gasteiger partial charge in [-0.15, -0.1) is 0 Å². The molecule has 1 heterocycles. The quantitative estimate of drug-likeness (QED) is 0.859. The zero-order chi connectivity index (χ0) is 13.8. The molecular weight excluding hydrogens is 351 g/mol. The van der Waals surface area contributed by atoms with Gasteiger partial charge in [0.05, 0.1) is 9.50 Å². The molecule has 6 heteroatoms. The fourth-order valence-electron chi connectivity index (χ4n) is 1.51. The third kappa shape index (κ3) is 3.83. The third-order valence-electron chi connectivity index (χ3n) is 2.39. The first-order valence-corrected chi connectivity index (χ1v) is 7.07. The van der Waals surface area contributed by atoms with E-state index >= 15 is 0 Å². The van der Waals surface area contributed by atoms with Crippen LogP contribution in [0.5, 0.6) is 11.6 Å². The number of ether oxygens (including phenoxy) is 1. The molecule has 0 spiro atoms. The van der Waals surface area contributed by atoms with Crippen molar-refractivity contribution in [3.8, 4) is 11.6 Å². The molecule has 19 heavy (non-hydrogen) atoms. The highest BCUT2D eigenvalue weighted by molar-refractivity contribution is 9.10. The molecule has 0 amide bonds. The molecule has 1 aromatic heterocycles. The van der Waals surface area contributed by atoms with E-state index in [0.29, 0.717) is 28.2 Å². The second-order valence-electron chi connectivity index (χ2n) is 3.82. The van der Waals surface area contributed by atoms with Crippen molar-refractivity contribution in [1.82, 2.24) is 10.3 Å². The maximum Gasteiger partial charge on any atom is 0.219 e. The largest absolute Gasteiger partial charge is 0.438 e. The Morgan fingerprint density at radius 3 is 2.79 bits per heavy atom. The van der Waals surface area contributed by atoms with Gasteiger partial charge >= 0.3 is 0 Å². The Bertz CT molecular complexity index is 593. The van der Waals surface area contributed by atoms with Crippen LogP contribution in [0.1, 0.15) is 5.56 Å². The van der Waals surface area contributed by atoms with Gasteiger partial charge in [0.15, 0.2) is 0 Å². The number of hydrogen-bond acceptors (Lipinski definition) is 3. The minimum Gasteiger partial charge on any atom is -0.438 e. The average molecular weight is 362 g/mol. The van der Waals surface area contributed by atoms with Crippen molar-refractivity contribution in [2.75, 3.05) is 7.05 Å². The SMILES string of the molecule is CNCc1cc(Oc2ccc(Cl)cc2Br)ncc1Cl. The molecule has 0 atom stereocenters. The number of hydrogen-bond donors (Lipinski definition) is 1. The molecule has 0 bridgehead atoms. The van der Waals surface area contributed by atoms with E-state index in [1.807, 2.05) is 7.05 Å². The van der Waals surface area contributed by atoms with Crippen molar-refractivity contribution >= 4 is 39.1 Å². The number of aromatic nitrogens is 1. The second kappa shape index (κ2) is 6.57. The van der Waals surface area contributed by atoms with Gasteiger partial charge in [-0.25, -0.2) is 4.98 Å². The molecular formula is C13H11BrCl2N2O. The summed E-state index contributed by atoms with van der Waals surface area (Å²) >= 11 is 15.3. The van der Waals surface area contributed by atoms with Gasteiger partial charge in [-0.1, -0.05) is 23.2 Å². The van der Waals surface area contributed by atoms with E-state index < -0.39 is 0 Å². The maximum absolute atomic E-state index is 6.05. The first kappa shape index (κ1) is 14.6. The van der Waals surface area contributed by atoms with E-state index in [1.165, 1.54) is 0 Å². The van der Waals surface area contributed by atoms with Gasteiger partial charge in [-0.05, 0) is 46.7 Å². The van der Waals surface area contributed by atoms with Crippen molar-refractivity contribution in [2.45, 2.75) is 6.54 Å². The van der Waals surface area contributed by atoms with Gasteiger partial charge in [0.2, 0.25) is 5.88 Å². The Kier molecular flexibility index (Phi) is 5.05. The smallest absolute Gasteiger partial charge is 0.219 e. The molecule has 0 aliphatic carbocycles. The van der Waals surface area contributed by atoms with Gasteiger partial charge in [0.1, 0.15) is 5.75 Å². The molecule has 3 nitrogen and oxygen atoms in total. The molecule has 1 aromatic carbocycles. The van der Waals surface area contributed by atoms with Gasteiger partial charge in [-0.3, -0.25) is 0 Å².